The summed E-state index contributed by atoms with van der Waals surface area (Å²) in [4.78, 5) is 54.9. The van der Waals surface area contributed by atoms with E-state index in [0.29, 0.717) is 42.2 Å². The van der Waals surface area contributed by atoms with Crippen molar-refractivity contribution in [2.24, 2.45) is 0 Å². The third kappa shape index (κ3) is 8.28. The van der Waals surface area contributed by atoms with Crippen molar-refractivity contribution in [2.45, 2.75) is 102 Å². The third-order valence-corrected chi connectivity index (χ3v) is 11.8. The predicted octanol–water partition coefficient (Wildman–Crippen LogP) is 4.05. The number of aldehydes is 1. The van der Waals surface area contributed by atoms with Crippen LogP contribution in [0.1, 0.15) is 127 Å². The molecular weight excluding hydrogens is 789 g/mol. The van der Waals surface area contributed by atoms with Crippen LogP contribution in [0.15, 0.2) is 54.6 Å². The Morgan fingerprint density at radius 2 is 1.59 bits per heavy atom. The fourth-order valence-corrected chi connectivity index (χ4v) is 8.69. The number of rotatable bonds is 12. The van der Waals surface area contributed by atoms with E-state index in [1.165, 1.54) is 25.1 Å². The maximum absolute atomic E-state index is 14.9. The fourth-order valence-electron chi connectivity index (χ4n) is 8.69. The van der Waals surface area contributed by atoms with Crippen LogP contribution < -0.4 is 9.47 Å². The zero-order valence-electron chi connectivity index (χ0n) is 33.7. The summed E-state index contributed by atoms with van der Waals surface area (Å²) in [5.74, 6) is -3.59. The minimum absolute atomic E-state index is 0.00931. The Hall–Kier alpha value is -5.58. The van der Waals surface area contributed by atoms with Crippen LogP contribution in [-0.2, 0) is 34.6 Å². The number of benzene rings is 4. The number of fused-ring (bicyclic) bond motifs is 2. The molecule has 0 bridgehead atoms. The zero-order valence-corrected chi connectivity index (χ0v) is 33.7. The van der Waals surface area contributed by atoms with Gasteiger partial charge < -0.3 is 50.0 Å². The van der Waals surface area contributed by atoms with E-state index in [1.807, 2.05) is 6.07 Å². The summed E-state index contributed by atoms with van der Waals surface area (Å²) >= 11 is 0. The molecule has 14 heteroatoms. The Morgan fingerprint density at radius 3 is 2.28 bits per heavy atom. The highest BCUT2D eigenvalue weighted by Gasteiger charge is 2.45. The lowest BCUT2D eigenvalue weighted by atomic mass is 9.76. The fraction of sp³-hybridized carbons (Fsp3) is 0.362. The quantitative estimate of drug-likeness (QED) is 0.0407. The van der Waals surface area contributed by atoms with Gasteiger partial charge in [-0.2, -0.15) is 0 Å². The number of phenolic OH excluding ortho intramolecular Hbond substituents is 1. The molecule has 4 aromatic rings. The van der Waals surface area contributed by atoms with Gasteiger partial charge in [0.25, 0.3) is 0 Å². The van der Waals surface area contributed by atoms with Gasteiger partial charge in [-0.15, -0.1) is 0 Å². The number of aromatic hydroxyl groups is 1. The number of esters is 1. The molecule has 2 fully saturated rings. The molecule has 3 aliphatic rings. The molecule has 0 spiro atoms. The van der Waals surface area contributed by atoms with Crippen LogP contribution >= 0.6 is 0 Å². The van der Waals surface area contributed by atoms with Gasteiger partial charge in [0.1, 0.15) is 35.6 Å². The minimum Gasteiger partial charge on any atom is -0.507 e. The number of carbonyl (C=O) groups excluding carboxylic acids is 4. The van der Waals surface area contributed by atoms with E-state index in [-0.39, 0.29) is 63.5 Å². The van der Waals surface area contributed by atoms with Crippen molar-refractivity contribution < 1.29 is 69.1 Å². The van der Waals surface area contributed by atoms with Gasteiger partial charge in [0.2, 0.25) is 6.29 Å². The summed E-state index contributed by atoms with van der Waals surface area (Å²) in [5.41, 5.74) is -0.451. The first-order valence-electron chi connectivity index (χ1n) is 20.2. The molecule has 2 aliphatic carbocycles. The first-order valence-corrected chi connectivity index (χ1v) is 20.2. The van der Waals surface area contributed by atoms with Crippen LogP contribution in [0, 0.1) is 0 Å². The van der Waals surface area contributed by atoms with Gasteiger partial charge in [0.05, 0.1) is 23.9 Å². The van der Waals surface area contributed by atoms with Crippen molar-refractivity contribution in [1.82, 2.24) is 0 Å². The first-order chi connectivity index (χ1) is 29.2. The molecule has 61 heavy (non-hydrogen) atoms. The van der Waals surface area contributed by atoms with E-state index in [4.69, 9.17) is 14.2 Å². The molecule has 0 radical (unpaired) electrons. The maximum atomic E-state index is 14.9. The number of ketones is 2. The number of aliphatic hydroxyl groups excluding tert-OH is 5. The van der Waals surface area contributed by atoms with Crippen molar-refractivity contribution in [3.05, 3.63) is 121 Å². The average Bonchev–Trinajstić information content (AvgIpc) is 3.24. The molecule has 5 atom stereocenters. The van der Waals surface area contributed by atoms with Crippen LogP contribution in [-0.4, -0.2) is 96.9 Å². The molecule has 7 N–H and O–H groups in total. The monoisotopic (exact) mass is 836 g/mol. The highest BCUT2D eigenvalue weighted by Crippen LogP contribution is 2.46. The molecule has 0 aromatic heterocycles. The Labute approximate surface area is 351 Å². The van der Waals surface area contributed by atoms with Gasteiger partial charge in [-0.25, -0.2) is 0 Å². The molecule has 5 unspecified atom stereocenters. The standard InChI is InChI=1S/C47H48O14/c1-24-40(52)44(56)45(57)46(59-24)61-36-21-32-39(41(53)31(36)19-28-10-7-11-34(33(28)23-50)47(58)15-4-3-5-16-47)43(55)37-29(22-49)20-35(60-25(2)51)30(38(37)42(32)54)13-12-26-8-6-9-27(18-26)14-17-48/h6-13,18,20-21,23-24,40,44-46,48-49,52-53,56-58H,3-5,14-17,19,22H2,1-2H3. The molecular formula is C47H48O14. The second-order valence-corrected chi connectivity index (χ2v) is 15.8. The topological polar surface area (TPSA) is 238 Å². The second-order valence-electron chi connectivity index (χ2n) is 15.8. The van der Waals surface area contributed by atoms with Gasteiger partial charge in [0.15, 0.2) is 17.9 Å². The van der Waals surface area contributed by atoms with Crippen molar-refractivity contribution in [1.29, 1.82) is 0 Å². The number of hydrogen-bond donors (Lipinski definition) is 7. The van der Waals surface area contributed by atoms with E-state index in [2.05, 4.69) is 0 Å². The molecule has 1 heterocycles. The summed E-state index contributed by atoms with van der Waals surface area (Å²) in [6.45, 7) is 1.73. The van der Waals surface area contributed by atoms with Gasteiger partial charge in [-0.3, -0.25) is 19.2 Å². The minimum atomic E-state index is -1.82. The molecule has 1 saturated carbocycles. The Morgan fingerprint density at radius 1 is 0.852 bits per heavy atom. The smallest absolute Gasteiger partial charge is 0.308 e. The number of carbonyl (C=O) groups is 4. The summed E-state index contributed by atoms with van der Waals surface area (Å²) in [7, 11) is 0. The van der Waals surface area contributed by atoms with Crippen molar-refractivity contribution in [3.63, 3.8) is 0 Å². The largest absolute Gasteiger partial charge is 0.507 e. The summed E-state index contributed by atoms with van der Waals surface area (Å²) in [6.07, 6.45) is -0.674. The molecule has 1 aliphatic heterocycles. The van der Waals surface area contributed by atoms with Crippen molar-refractivity contribution in [3.8, 4) is 17.2 Å². The number of ether oxygens (including phenoxy) is 3. The molecule has 320 valence electrons. The molecule has 4 aromatic carbocycles. The van der Waals surface area contributed by atoms with Crippen LogP contribution in [0.5, 0.6) is 17.2 Å². The van der Waals surface area contributed by atoms with Gasteiger partial charge in [0, 0.05) is 53.3 Å². The summed E-state index contributed by atoms with van der Waals surface area (Å²) in [5, 5.41) is 76.0. The number of hydrogen-bond acceptors (Lipinski definition) is 14. The Bertz CT molecular complexity index is 2410. The lowest BCUT2D eigenvalue weighted by molar-refractivity contribution is -0.268. The highest BCUT2D eigenvalue weighted by molar-refractivity contribution is 6.31. The van der Waals surface area contributed by atoms with E-state index >= 15 is 0 Å². The molecule has 14 nitrogen and oxygen atoms in total. The van der Waals surface area contributed by atoms with Crippen LogP contribution in [0.3, 0.4) is 0 Å². The van der Waals surface area contributed by atoms with Gasteiger partial charge in [-0.05, 0) is 72.2 Å². The molecule has 7 rings (SSSR count). The van der Waals surface area contributed by atoms with Crippen molar-refractivity contribution in [2.75, 3.05) is 6.61 Å². The van der Waals surface area contributed by atoms with E-state index in [1.54, 1.807) is 42.5 Å². The lowest BCUT2D eigenvalue weighted by Crippen LogP contribution is -2.58. The summed E-state index contributed by atoms with van der Waals surface area (Å²) < 4.78 is 17.4. The zero-order chi connectivity index (χ0) is 43.7. The number of phenols is 1. The highest BCUT2D eigenvalue weighted by atomic mass is 16.7. The maximum Gasteiger partial charge on any atom is 0.308 e. The average molecular weight is 837 g/mol. The van der Waals surface area contributed by atoms with Crippen molar-refractivity contribution >= 4 is 36.0 Å². The number of aliphatic hydroxyl groups is 6. The third-order valence-electron chi connectivity index (χ3n) is 11.8. The lowest BCUT2D eigenvalue weighted by Gasteiger charge is -2.39. The SMILES string of the molecule is CC(=O)Oc1cc(CO)c2c(c1C=Cc1cccc(CCO)c1)C(=O)c1cc(OC3OC(C)C(O)C(O)C3O)c(Cc3cccc(C4(O)CCCCC4)c3C=O)c(O)c1C2=O. The molecule has 1 saturated heterocycles. The van der Waals surface area contributed by atoms with E-state index in [0.717, 1.165) is 31.7 Å². The van der Waals surface area contributed by atoms with Crippen LogP contribution in [0.2, 0.25) is 0 Å². The van der Waals surface area contributed by atoms with Crippen LogP contribution in [0.25, 0.3) is 12.2 Å². The Balaban J connectivity index is 1.42. The second kappa shape index (κ2) is 17.8. The predicted molar refractivity (Wildman–Crippen MR) is 219 cm³/mol. The Kier molecular flexibility index (Phi) is 12.7. The first kappa shape index (κ1) is 43.5. The van der Waals surface area contributed by atoms with Gasteiger partial charge in [-0.1, -0.05) is 67.8 Å². The van der Waals surface area contributed by atoms with E-state index in [9.17, 15) is 54.9 Å². The van der Waals surface area contributed by atoms with Gasteiger partial charge >= 0.3 is 5.97 Å². The normalized spacial score (nSPS) is 22.1. The molecule has 0 amide bonds. The summed E-state index contributed by atoms with van der Waals surface area (Å²) in [6, 6.07) is 14.5. The van der Waals surface area contributed by atoms with Crippen LogP contribution in [0.4, 0.5) is 0 Å². The van der Waals surface area contributed by atoms with E-state index < -0.39 is 71.8 Å².